The van der Waals surface area contributed by atoms with Gasteiger partial charge >= 0.3 is 0 Å². The van der Waals surface area contributed by atoms with Gasteiger partial charge in [0.15, 0.2) is 18.1 Å². The van der Waals surface area contributed by atoms with Crippen LogP contribution in [0.4, 0.5) is 10.1 Å². The molecule has 0 aliphatic carbocycles. The van der Waals surface area contributed by atoms with Gasteiger partial charge in [-0.05, 0) is 54.4 Å². The Bertz CT molecular complexity index is 1120. The van der Waals surface area contributed by atoms with E-state index in [9.17, 15) is 14.0 Å². The lowest BCUT2D eigenvalue weighted by atomic mass is 10.1. The Morgan fingerprint density at radius 2 is 1.67 bits per heavy atom. The van der Waals surface area contributed by atoms with Gasteiger partial charge in [0.2, 0.25) is 0 Å². The highest BCUT2D eigenvalue weighted by Gasteiger charge is 2.13. The van der Waals surface area contributed by atoms with Crippen molar-refractivity contribution < 1.29 is 28.2 Å². The maximum Gasteiger partial charge on any atom is 0.262 e. The smallest absolute Gasteiger partial charge is 0.262 e. The van der Waals surface area contributed by atoms with Crippen molar-refractivity contribution in [3.8, 4) is 17.2 Å². The monoisotopic (exact) mass is 452 g/mol. The Labute approximate surface area is 191 Å². The van der Waals surface area contributed by atoms with E-state index in [1.807, 2.05) is 0 Å². The van der Waals surface area contributed by atoms with E-state index >= 15 is 0 Å². The van der Waals surface area contributed by atoms with Gasteiger partial charge in [0.1, 0.15) is 11.6 Å². The van der Waals surface area contributed by atoms with Crippen molar-refractivity contribution >= 4 is 17.5 Å². The van der Waals surface area contributed by atoms with Crippen LogP contribution in [0, 0.1) is 5.82 Å². The first kappa shape index (κ1) is 23.6. The van der Waals surface area contributed by atoms with Crippen LogP contribution in [0.3, 0.4) is 0 Å². The lowest BCUT2D eigenvalue weighted by molar-refractivity contribution is -0.118. The van der Waals surface area contributed by atoms with E-state index in [0.29, 0.717) is 41.5 Å². The summed E-state index contributed by atoms with van der Waals surface area (Å²) in [5, 5.41) is 5.51. The molecule has 2 N–H and O–H groups in total. The van der Waals surface area contributed by atoms with Crippen molar-refractivity contribution in [2.24, 2.45) is 0 Å². The number of benzene rings is 3. The summed E-state index contributed by atoms with van der Waals surface area (Å²) in [7, 11) is 2.97. The molecule has 0 fully saturated rings. The number of halogens is 1. The zero-order chi connectivity index (χ0) is 23.6. The lowest BCUT2D eigenvalue weighted by Crippen LogP contribution is -2.25. The highest BCUT2D eigenvalue weighted by atomic mass is 19.1. The van der Waals surface area contributed by atoms with Crippen LogP contribution >= 0.6 is 0 Å². The van der Waals surface area contributed by atoms with Crippen LogP contribution in [-0.2, 0) is 11.2 Å². The van der Waals surface area contributed by atoms with Gasteiger partial charge in [0, 0.05) is 12.1 Å². The van der Waals surface area contributed by atoms with E-state index in [2.05, 4.69) is 10.6 Å². The second-order valence-corrected chi connectivity index (χ2v) is 7.04. The number of anilines is 1. The first-order chi connectivity index (χ1) is 16.0. The third-order valence-electron chi connectivity index (χ3n) is 4.75. The number of rotatable bonds is 10. The highest BCUT2D eigenvalue weighted by molar-refractivity contribution is 5.95. The van der Waals surface area contributed by atoms with Gasteiger partial charge in [0.05, 0.1) is 19.9 Å². The number of carbonyl (C=O) groups is 2. The molecule has 0 spiro atoms. The number of ether oxygens (including phenoxy) is 3. The van der Waals surface area contributed by atoms with E-state index < -0.39 is 0 Å². The molecule has 33 heavy (non-hydrogen) atoms. The maximum atomic E-state index is 13.3. The number of methoxy groups -OCH3 is 2. The Balaban J connectivity index is 1.55. The van der Waals surface area contributed by atoms with Gasteiger partial charge in [-0.1, -0.05) is 24.3 Å². The molecule has 3 aromatic carbocycles. The average Bonchev–Trinajstić information content (AvgIpc) is 2.83. The largest absolute Gasteiger partial charge is 0.495 e. The third kappa shape index (κ3) is 6.70. The Hall–Kier alpha value is -4.07. The van der Waals surface area contributed by atoms with Crippen LogP contribution in [0.2, 0.25) is 0 Å². The van der Waals surface area contributed by atoms with Crippen LogP contribution in [-0.4, -0.2) is 39.2 Å². The number of hydrogen-bond donors (Lipinski definition) is 2. The standard InChI is InChI=1S/C25H25FN2O5/c1-31-21-9-4-3-8-20(21)28-24(29)16-33-22-11-10-18(15-23(22)32-2)25(30)27-13-12-17-6-5-7-19(26)14-17/h3-11,14-15H,12-13,16H2,1-2H3,(H,27,30)(H,28,29). The predicted octanol–water partition coefficient (Wildman–Crippen LogP) is 3.83. The molecule has 0 unspecified atom stereocenters. The average molecular weight is 452 g/mol. The van der Waals surface area contributed by atoms with Gasteiger partial charge in [-0.15, -0.1) is 0 Å². The summed E-state index contributed by atoms with van der Waals surface area (Å²) >= 11 is 0. The maximum absolute atomic E-state index is 13.3. The molecule has 2 amide bonds. The number of amides is 2. The molecule has 0 radical (unpaired) electrons. The summed E-state index contributed by atoms with van der Waals surface area (Å²) in [6, 6.07) is 18.0. The van der Waals surface area contributed by atoms with E-state index in [0.717, 1.165) is 5.56 Å². The second-order valence-electron chi connectivity index (χ2n) is 7.04. The summed E-state index contributed by atoms with van der Waals surface area (Å²) in [4.78, 5) is 24.7. The topological polar surface area (TPSA) is 85.9 Å². The molecule has 0 bridgehead atoms. The molecule has 0 saturated heterocycles. The summed E-state index contributed by atoms with van der Waals surface area (Å²) < 4.78 is 29.3. The number of para-hydroxylation sites is 2. The normalized spacial score (nSPS) is 10.3. The fourth-order valence-corrected chi connectivity index (χ4v) is 3.12. The zero-order valence-electron chi connectivity index (χ0n) is 18.4. The quantitative estimate of drug-likeness (QED) is 0.488. The molecule has 8 heteroatoms. The predicted molar refractivity (Wildman–Crippen MR) is 123 cm³/mol. The van der Waals surface area contributed by atoms with Crippen molar-refractivity contribution in [1.29, 1.82) is 0 Å². The minimum atomic E-state index is -0.374. The van der Waals surface area contributed by atoms with E-state index in [-0.39, 0.29) is 24.2 Å². The van der Waals surface area contributed by atoms with E-state index in [1.165, 1.54) is 32.4 Å². The Kier molecular flexibility index (Phi) is 8.24. The van der Waals surface area contributed by atoms with Gasteiger partial charge in [0.25, 0.3) is 11.8 Å². The minimum absolute atomic E-state index is 0.256. The molecule has 7 nitrogen and oxygen atoms in total. The summed E-state index contributed by atoms with van der Waals surface area (Å²) in [5.41, 5.74) is 1.70. The van der Waals surface area contributed by atoms with Crippen LogP contribution in [0.25, 0.3) is 0 Å². The van der Waals surface area contributed by atoms with E-state index in [4.69, 9.17) is 14.2 Å². The van der Waals surface area contributed by atoms with Crippen molar-refractivity contribution in [3.05, 3.63) is 83.7 Å². The Morgan fingerprint density at radius 3 is 2.42 bits per heavy atom. The molecule has 0 heterocycles. The fraction of sp³-hybridized carbons (Fsp3) is 0.200. The summed E-state index contributed by atoms with van der Waals surface area (Å²) in [6.07, 6.45) is 0.503. The van der Waals surface area contributed by atoms with Gasteiger partial charge in [-0.2, -0.15) is 0 Å². The van der Waals surface area contributed by atoms with Crippen molar-refractivity contribution in [1.82, 2.24) is 5.32 Å². The van der Waals surface area contributed by atoms with Crippen LogP contribution in [0.5, 0.6) is 17.2 Å². The number of carbonyl (C=O) groups excluding carboxylic acids is 2. The molecule has 0 aliphatic heterocycles. The molecule has 3 rings (SSSR count). The highest BCUT2D eigenvalue weighted by Crippen LogP contribution is 2.28. The zero-order valence-corrected chi connectivity index (χ0v) is 18.4. The third-order valence-corrected chi connectivity index (χ3v) is 4.75. The first-order valence-electron chi connectivity index (χ1n) is 10.3. The number of nitrogens with one attached hydrogen (secondary N) is 2. The Morgan fingerprint density at radius 1 is 0.879 bits per heavy atom. The van der Waals surface area contributed by atoms with Gasteiger partial charge in [-0.3, -0.25) is 9.59 Å². The van der Waals surface area contributed by atoms with Crippen LogP contribution in [0.15, 0.2) is 66.7 Å². The van der Waals surface area contributed by atoms with E-state index in [1.54, 1.807) is 48.5 Å². The molecule has 172 valence electrons. The first-order valence-corrected chi connectivity index (χ1v) is 10.3. The van der Waals surface area contributed by atoms with Crippen molar-refractivity contribution in [2.75, 3.05) is 32.7 Å². The fourth-order valence-electron chi connectivity index (χ4n) is 3.12. The summed E-state index contributed by atoms with van der Waals surface area (Å²) in [6.45, 7) is 0.0968. The molecule has 0 aliphatic rings. The van der Waals surface area contributed by atoms with Crippen molar-refractivity contribution in [2.45, 2.75) is 6.42 Å². The molecular weight excluding hydrogens is 427 g/mol. The molecule has 0 saturated carbocycles. The minimum Gasteiger partial charge on any atom is -0.495 e. The van der Waals surface area contributed by atoms with Gasteiger partial charge in [-0.25, -0.2) is 4.39 Å². The van der Waals surface area contributed by atoms with Gasteiger partial charge < -0.3 is 24.8 Å². The lowest BCUT2D eigenvalue weighted by Gasteiger charge is -2.13. The molecular formula is C25H25FN2O5. The molecule has 3 aromatic rings. The van der Waals surface area contributed by atoms with Crippen LogP contribution in [0.1, 0.15) is 15.9 Å². The second kappa shape index (κ2) is 11.5. The molecule has 0 atom stereocenters. The van der Waals surface area contributed by atoms with Crippen LogP contribution < -0.4 is 24.8 Å². The SMILES string of the molecule is COc1ccccc1NC(=O)COc1ccc(C(=O)NCCc2cccc(F)c2)cc1OC. The number of hydrogen-bond acceptors (Lipinski definition) is 5. The molecule has 0 aromatic heterocycles. The summed E-state index contributed by atoms with van der Waals surface area (Å²) in [5.74, 6) is 0.194. The van der Waals surface area contributed by atoms with Crippen molar-refractivity contribution in [3.63, 3.8) is 0 Å².